The molecule has 0 aliphatic rings. The Labute approximate surface area is 219 Å². The summed E-state index contributed by atoms with van der Waals surface area (Å²) < 4.78 is 27.3. The number of nitrogens with one attached hydrogen (secondary N) is 1. The smallest absolute Gasteiger partial charge is 0.264 e. The van der Waals surface area contributed by atoms with Gasteiger partial charge in [-0.3, -0.25) is 14.4 Å². The van der Waals surface area contributed by atoms with Crippen LogP contribution in [-0.4, -0.2) is 26.4 Å². The van der Waals surface area contributed by atoms with Crippen molar-refractivity contribution in [3.05, 3.63) is 121 Å². The zero-order valence-electron chi connectivity index (χ0n) is 19.9. The third-order valence-corrected chi connectivity index (χ3v) is 8.65. The number of para-hydroxylation sites is 1. The first-order chi connectivity index (χ1) is 17.9. The number of nitrogens with zero attached hydrogens (tertiary/aromatic N) is 2. The van der Waals surface area contributed by atoms with Gasteiger partial charge in [-0.1, -0.05) is 90.2 Å². The second-order valence-corrected chi connectivity index (χ2v) is 11.2. The number of benzene rings is 4. The van der Waals surface area contributed by atoms with Gasteiger partial charge in [0.25, 0.3) is 15.9 Å². The highest BCUT2D eigenvalue weighted by atomic mass is 32.2. The van der Waals surface area contributed by atoms with Crippen molar-refractivity contribution in [1.82, 2.24) is 4.98 Å². The third kappa shape index (κ3) is 5.16. The molecular weight excluding hydrogens is 502 g/mol. The van der Waals surface area contributed by atoms with E-state index in [9.17, 15) is 13.2 Å². The zero-order chi connectivity index (χ0) is 25.8. The quantitative estimate of drug-likeness (QED) is 0.261. The molecule has 0 saturated carbocycles. The minimum absolute atomic E-state index is 0.0994. The lowest BCUT2D eigenvalue weighted by Crippen LogP contribution is -2.26. The van der Waals surface area contributed by atoms with Gasteiger partial charge in [0.15, 0.2) is 5.13 Å². The number of anilines is 2. The summed E-state index contributed by atoms with van der Waals surface area (Å²) >= 11 is 1.39. The van der Waals surface area contributed by atoms with Crippen LogP contribution >= 0.6 is 11.3 Å². The molecule has 5 rings (SSSR count). The van der Waals surface area contributed by atoms with Gasteiger partial charge in [-0.25, -0.2) is 13.4 Å². The fourth-order valence-corrected chi connectivity index (χ4v) is 6.02. The molecule has 0 unspecified atom stereocenters. The molecule has 1 heterocycles. The van der Waals surface area contributed by atoms with Gasteiger partial charge in [-0.05, 0) is 42.0 Å². The van der Waals surface area contributed by atoms with E-state index in [1.807, 2.05) is 66.7 Å². The van der Waals surface area contributed by atoms with Gasteiger partial charge < -0.3 is 0 Å². The molecule has 0 bridgehead atoms. The van der Waals surface area contributed by atoms with Gasteiger partial charge in [0, 0.05) is 18.2 Å². The minimum Gasteiger partial charge on any atom is -0.298 e. The molecule has 1 aromatic heterocycles. The number of carbonyl (C=O) groups excluding carboxylic acids is 1. The van der Waals surface area contributed by atoms with Crippen LogP contribution in [0.15, 0.2) is 120 Å². The van der Waals surface area contributed by atoms with E-state index < -0.39 is 10.0 Å². The highest BCUT2D eigenvalue weighted by molar-refractivity contribution is 7.92. The Morgan fingerprint density at radius 2 is 1.30 bits per heavy atom. The fourth-order valence-electron chi connectivity index (χ4n) is 3.83. The van der Waals surface area contributed by atoms with Gasteiger partial charge in [0.1, 0.15) is 0 Å². The van der Waals surface area contributed by atoms with Gasteiger partial charge in [-0.2, -0.15) is 0 Å². The van der Waals surface area contributed by atoms with Crippen molar-refractivity contribution >= 4 is 38.1 Å². The summed E-state index contributed by atoms with van der Waals surface area (Å²) in [6.45, 7) is 0. The Balaban J connectivity index is 1.39. The number of rotatable bonds is 7. The van der Waals surface area contributed by atoms with Gasteiger partial charge in [0.05, 0.1) is 21.2 Å². The summed E-state index contributed by atoms with van der Waals surface area (Å²) in [5.74, 6) is -0.367. The maximum absolute atomic E-state index is 13.0. The number of hydrogen-bond donors (Lipinski definition) is 1. The molecule has 5 aromatic rings. The largest absolute Gasteiger partial charge is 0.298 e. The second-order valence-electron chi connectivity index (χ2n) is 8.22. The van der Waals surface area contributed by atoms with E-state index in [-0.39, 0.29) is 10.8 Å². The lowest BCUT2D eigenvalue weighted by atomic mass is 10.1. The molecule has 0 fully saturated rings. The number of sulfonamides is 1. The lowest BCUT2D eigenvalue weighted by molar-refractivity contribution is 0.102. The number of hydrogen-bond acceptors (Lipinski definition) is 5. The molecule has 37 heavy (non-hydrogen) atoms. The zero-order valence-corrected chi connectivity index (χ0v) is 21.5. The monoisotopic (exact) mass is 525 g/mol. The van der Waals surface area contributed by atoms with Crippen LogP contribution in [0.4, 0.5) is 10.8 Å². The molecular formula is C29H23N3O3S2. The molecule has 0 saturated heterocycles. The van der Waals surface area contributed by atoms with E-state index in [0.29, 0.717) is 16.4 Å². The lowest BCUT2D eigenvalue weighted by Gasteiger charge is -2.19. The molecule has 0 aliphatic carbocycles. The Hall–Kier alpha value is -4.27. The van der Waals surface area contributed by atoms with Crippen LogP contribution in [0.5, 0.6) is 0 Å². The summed E-state index contributed by atoms with van der Waals surface area (Å²) in [5.41, 5.74) is 3.64. The molecule has 184 valence electrons. The van der Waals surface area contributed by atoms with E-state index in [4.69, 9.17) is 4.98 Å². The van der Waals surface area contributed by atoms with Crippen molar-refractivity contribution in [3.8, 4) is 21.7 Å². The molecule has 4 aromatic carbocycles. The highest BCUT2D eigenvalue weighted by Gasteiger charge is 2.22. The summed E-state index contributed by atoms with van der Waals surface area (Å²) in [6.07, 6.45) is 0. The molecule has 0 atom stereocenters. The van der Waals surface area contributed by atoms with Crippen LogP contribution in [0.1, 0.15) is 10.4 Å². The van der Waals surface area contributed by atoms with Crippen LogP contribution in [0.2, 0.25) is 0 Å². The third-order valence-electron chi connectivity index (χ3n) is 5.83. The van der Waals surface area contributed by atoms with Crippen molar-refractivity contribution in [2.45, 2.75) is 4.90 Å². The van der Waals surface area contributed by atoms with E-state index in [1.165, 1.54) is 47.0 Å². The van der Waals surface area contributed by atoms with Crippen LogP contribution in [0.3, 0.4) is 0 Å². The Morgan fingerprint density at radius 1 is 0.757 bits per heavy atom. The van der Waals surface area contributed by atoms with Crippen LogP contribution in [-0.2, 0) is 10.0 Å². The number of thiazole rings is 1. The Bertz CT molecular complexity index is 1560. The summed E-state index contributed by atoms with van der Waals surface area (Å²) in [4.78, 5) is 18.8. The molecule has 0 aliphatic heterocycles. The SMILES string of the molecule is CN(c1ccccc1)S(=O)(=O)c1ccc(C(=O)Nc2nc(-c3ccccc3)c(-c3ccccc3)s2)cc1. The van der Waals surface area contributed by atoms with Gasteiger partial charge in [-0.15, -0.1) is 0 Å². The molecule has 0 radical (unpaired) electrons. The van der Waals surface area contributed by atoms with Crippen molar-refractivity contribution in [3.63, 3.8) is 0 Å². The molecule has 0 spiro atoms. The molecule has 8 heteroatoms. The summed E-state index contributed by atoms with van der Waals surface area (Å²) in [6, 6.07) is 34.4. The Kier molecular flexibility index (Phi) is 6.85. The van der Waals surface area contributed by atoms with Crippen molar-refractivity contribution in [2.75, 3.05) is 16.7 Å². The molecule has 1 amide bonds. The van der Waals surface area contributed by atoms with E-state index >= 15 is 0 Å². The molecule has 6 nitrogen and oxygen atoms in total. The first kappa shape index (κ1) is 24.4. The Morgan fingerprint density at radius 3 is 1.89 bits per heavy atom. The first-order valence-corrected chi connectivity index (χ1v) is 13.8. The second kappa shape index (κ2) is 10.4. The maximum Gasteiger partial charge on any atom is 0.264 e. The average molecular weight is 526 g/mol. The van der Waals surface area contributed by atoms with Gasteiger partial charge in [0.2, 0.25) is 0 Å². The topological polar surface area (TPSA) is 79.4 Å². The predicted molar refractivity (Wildman–Crippen MR) is 149 cm³/mol. The summed E-state index contributed by atoms with van der Waals surface area (Å²) in [7, 11) is -2.26. The fraction of sp³-hybridized carbons (Fsp3) is 0.0345. The number of carbonyl (C=O) groups is 1. The van der Waals surface area contributed by atoms with E-state index in [2.05, 4.69) is 5.32 Å². The normalized spacial score (nSPS) is 11.2. The van der Waals surface area contributed by atoms with E-state index in [0.717, 1.165) is 21.7 Å². The number of amides is 1. The van der Waals surface area contributed by atoms with Crippen LogP contribution < -0.4 is 9.62 Å². The van der Waals surface area contributed by atoms with Crippen LogP contribution in [0.25, 0.3) is 21.7 Å². The highest BCUT2D eigenvalue weighted by Crippen LogP contribution is 2.39. The number of aromatic nitrogens is 1. The van der Waals surface area contributed by atoms with Crippen molar-refractivity contribution in [1.29, 1.82) is 0 Å². The van der Waals surface area contributed by atoms with Gasteiger partial charge >= 0.3 is 0 Å². The van der Waals surface area contributed by atoms with E-state index in [1.54, 1.807) is 24.3 Å². The maximum atomic E-state index is 13.0. The molecule has 1 N–H and O–H groups in total. The summed E-state index contributed by atoms with van der Waals surface area (Å²) in [5, 5.41) is 3.34. The van der Waals surface area contributed by atoms with Crippen molar-refractivity contribution in [2.24, 2.45) is 0 Å². The predicted octanol–water partition coefficient (Wildman–Crippen LogP) is 6.55. The van der Waals surface area contributed by atoms with Crippen molar-refractivity contribution < 1.29 is 13.2 Å². The van der Waals surface area contributed by atoms with Crippen LogP contribution in [0, 0.1) is 0 Å². The standard InChI is InChI=1S/C29H23N3O3S2/c1-32(24-15-9-4-10-16-24)37(34,35)25-19-17-23(18-20-25)28(33)31-29-30-26(21-11-5-2-6-12-21)27(36-29)22-13-7-3-8-14-22/h2-20H,1H3,(H,30,31,33). The minimum atomic E-state index is -3.77. The average Bonchev–Trinajstić information content (AvgIpc) is 3.38. The first-order valence-electron chi connectivity index (χ1n) is 11.5.